The number of nitrogens with zero attached hydrogens (tertiary/aromatic N) is 4. The minimum Gasteiger partial charge on any atom is -0.458 e. The molecule has 204 valence electrons. The van der Waals surface area contributed by atoms with Gasteiger partial charge in [-0.05, 0) is 78.2 Å². The predicted molar refractivity (Wildman–Crippen MR) is 142 cm³/mol. The summed E-state index contributed by atoms with van der Waals surface area (Å²) in [6.45, 7) is 13.3. The molecule has 0 aromatic heterocycles. The number of ether oxygens (including phenoxy) is 2. The summed E-state index contributed by atoms with van der Waals surface area (Å²) in [7, 11) is 1.11. The minimum atomic E-state index is -1.01. The molecule has 1 amide bonds. The van der Waals surface area contributed by atoms with E-state index in [0.29, 0.717) is 19.2 Å². The van der Waals surface area contributed by atoms with Gasteiger partial charge in [0.25, 0.3) is 0 Å². The average molecular weight is 516 g/mol. The van der Waals surface area contributed by atoms with Crippen LogP contribution in [0, 0.1) is 5.92 Å². The third kappa shape index (κ3) is 8.95. The Morgan fingerprint density at radius 3 is 2.27 bits per heavy atom. The first-order chi connectivity index (χ1) is 17.2. The molecule has 11 heteroatoms. The fourth-order valence-corrected chi connectivity index (χ4v) is 4.08. The van der Waals surface area contributed by atoms with Crippen molar-refractivity contribution in [2.45, 2.75) is 97.1 Å². The lowest BCUT2D eigenvalue weighted by atomic mass is 9.80. The molecular formula is C26H41BN4O6. The number of hydrogen-bond acceptors (Lipinski definition) is 7. The number of esters is 1. The van der Waals surface area contributed by atoms with Crippen molar-refractivity contribution in [3.63, 3.8) is 0 Å². The summed E-state index contributed by atoms with van der Waals surface area (Å²) < 4.78 is 23.3. The number of likely N-dealkylation sites (N-methyl/N-ethyl adjacent to an activating group) is 1. The van der Waals surface area contributed by atoms with Gasteiger partial charge in [-0.2, -0.15) is 0 Å². The van der Waals surface area contributed by atoms with Gasteiger partial charge in [0, 0.05) is 18.5 Å². The summed E-state index contributed by atoms with van der Waals surface area (Å²) in [4.78, 5) is 30.4. The van der Waals surface area contributed by atoms with E-state index in [0.717, 1.165) is 5.56 Å². The van der Waals surface area contributed by atoms with E-state index in [1.165, 1.54) is 11.9 Å². The van der Waals surface area contributed by atoms with Crippen molar-refractivity contribution >= 4 is 19.2 Å². The molecule has 2 rings (SSSR count). The van der Waals surface area contributed by atoms with Crippen LogP contribution in [0.1, 0.15) is 66.9 Å². The van der Waals surface area contributed by atoms with Gasteiger partial charge in [-0.25, -0.2) is 9.59 Å². The SMILES string of the molecule is CN(C(=O)OCc1ccccc1)[C@H](C(=O)OC(C)(C)C)[C@H](CCCB1OC(C)(C)C(C)(C)O1)CN=[N+]=[N-]. The van der Waals surface area contributed by atoms with Gasteiger partial charge >= 0.3 is 19.2 Å². The molecule has 0 bridgehead atoms. The summed E-state index contributed by atoms with van der Waals surface area (Å²) >= 11 is 0. The molecule has 0 unspecified atom stereocenters. The lowest BCUT2D eigenvalue weighted by molar-refractivity contribution is -0.162. The summed E-state index contributed by atoms with van der Waals surface area (Å²) in [5, 5.41) is 3.74. The van der Waals surface area contributed by atoms with Crippen molar-refractivity contribution < 1.29 is 28.4 Å². The van der Waals surface area contributed by atoms with Crippen LogP contribution in [0.4, 0.5) is 4.79 Å². The Morgan fingerprint density at radius 2 is 1.73 bits per heavy atom. The molecule has 0 N–H and O–H groups in total. The maximum absolute atomic E-state index is 13.3. The van der Waals surface area contributed by atoms with Gasteiger partial charge in [-0.15, -0.1) is 0 Å². The van der Waals surface area contributed by atoms with Crippen molar-refractivity contribution in [3.05, 3.63) is 46.3 Å². The molecule has 1 heterocycles. The molecule has 2 atom stereocenters. The van der Waals surface area contributed by atoms with Crippen molar-refractivity contribution in [2.24, 2.45) is 11.0 Å². The Morgan fingerprint density at radius 1 is 1.14 bits per heavy atom. The molecule has 1 saturated heterocycles. The van der Waals surface area contributed by atoms with Crippen LogP contribution >= 0.6 is 0 Å². The number of hydrogen-bond donors (Lipinski definition) is 0. The van der Waals surface area contributed by atoms with Crippen LogP contribution in [0.5, 0.6) is 0 Å². The van der Waals surface area contributed by atoms with E-state index in [-0.39, 0.29) is 13.2 Å². The van der Waals surface area contributed by atoms with Gasteiger partial charge in [0.05, 0.1) is 11.2 Å². The summed E-state index contributed by atoms with van der Waals surface area (Å²) in [5.41, 5.74) is 8.17. The first-order valence-corrected chi connectivity index (χ1v) is 12.7. The maximum atomic E-state index is 13.3. The molecule has 1 aliphatic rings. The largest absolute Gasteiger partial charge is 0.458 e. The van der Waals surface area contributed by atoms with E-state index < -0.39 is 47.9 Å². The molecule has 0 radical (unpaired) electrons. The van der Waals surface area contributed by atoms with Gasteiger partial charge in [0.15, 0.2) is 0 Å². The predicted octanol–water partition coefficient (Wildman–Crippen LogP) is 5.76. The molecule has 1 aromatic carbocycles. The molecule has 0 spiro atoms. The Balaban J connectivity index is 2.17. The zero-order chi connectivity index (χ0) is 27.9. The standard InChI is InChI=1S/C26H41BN4O6/c1-24(2,3)35-22(32)21(31(8)23(33)34-18-19-13-10-9-11-14-19)20(17-29-30-28)15-12-16-27-36-25(4,5)26(6,7)37-27/h9-11,13-14,20-21H,12,15-18H2,1-8H3/t20-,21+/m1/s1. The second kappa shape index (κ2) is 12.7. The lowest BCUT2D eigenvalue weighted by Gasteiger charge is -2.34. The smallest absolute Gasteiger partial charge is 0.457 e. The normalized spacial score (nSPS) is 17.9. The van der Waals surface area contributed by atoms with Crippen LogP contribution in [0.15, 0.2) is 35.4 Å². The molecule has 1 aliphatic heterocycles. The van der Waals surface area contributed by atoms with Gasteiger partial charge in [0.2, 0.25) is 0 Å². The Hall–Kier alpha value is -2.75. The number of amides is 1. The number of azide groups is 1. The molecule has 1 fully saturated rings. The van der Waals surface area contributed by atoms with Crippen LogP contribution in [-0.2, 0) is 30.2 Å². The monoisotopic (exact) mass is 516 g/mol. The fourth-order valence-electron chi connectivity index (χ4n) is 4.08. The fraction of sp³-hybridized carbons (Fsp3) is 0.692. The average Bonchev–Trinajstić information content (AvgIpc) is 3.00. The number of benzene rings is 1. The van der Waals surface area contributed by atoms with Gasteiger partial charge < -0.3 is 18.8 Å². The Kier molecular flexibility index (Phi) is 10.4. The van der Waals surface area contributed by atoms with E-state index in [1.54, 1.807) is 20.8 Å². The van der Waals surface area contributed by atoms with Crippen LogP contribution < -0.4 is 0 Å². The van der Waals surface area contributed by atoms with E-state index in [1.807, 2.05) is 58.0 Å². The highest BCUT2D eigenvalue weighted by atomic mass is 16.7. The zero-order valence-corrected chi connectivity index (χ0v) is 23.4. The summed E-state index contributed by atoms with van der Waals surface area (Å²) in [5.74, 6) is -1.08. The second-order valence-electron chi connectivity index (χ2n) is 11.4. The Labute approximate surface area is 220 Å². The van der Waals surface area contributed by atoms with E-state index in [4.69, 9.17) is 24.3 Å². The van der Waals surface area contributed by atoms with Crippen molar-refractivity contribution in [1.82, 2.24) is 4.90 Å². The van der Waals surface area contributed by atoms with E-state index >= 15 is 0 Å². The van der Waals surface area contributed by atoms with Gasteiger partial charge in [0.1, 0.15) is 18.2 Å². The van der Waals surface area contributed by atoms with Crippen LogP contribution in [-0.4, -0.2) is 60.5 Å². The van der Waals surface area contributed by atoms with Gasteiger partial charge in [-0.3, -0.25) is 4.90 Å². The molecule has 10 nitrogen and oxygen atoms in total. The summed E-state index contributed by atoms with van der Waals surface area (Å²) in [6.07, 6.45) is 1.01. The Bertz CT molecular complexity index is 944. The van der Waals surface area contributed by atoms with Crippen molar-refractivity contribution in [2.75, 3.05) is 13.6 Å². The van der Waals surface area contributed by atoms with Crippen molar-refractivity contribution in [1.29, 1.82) is 0 Å². The van der Waals surface area contributed by atoms with Crippen molar-refractivity contribution in [3.8, 4) is 0 Å². The zero-order valence-electron chi connectivity index (χ0n) is 23.4. The number of carbonyl (C=O) groups excluding carboxylic acids is 2. The van der Waals surface area contributed by atoms with Crippen LogP contribution in [0.25, 0.3) is 10.4 Å². The molecule has 0 saturated carbocycles. The van der Waals surface area contributed by atoms with E-state index in [2.05, 4.69) is 10.0 Å². The maximum Gasteiger partial charge on any atom is 0.457 e. The first kappa shape index (κ1) is 30.5. The lowest BCUT2D eigenvalue weighted by Crippen LogP contribution is -2.50. The van der Waals surface area contributed by atoms with Gasteiger partial charge in [-0.1, -0.05) is 41.9 Å². The third-order valence-electron chi connectivity index (χ3n) is 6.70. The van der Waals surface area contributed by atoms with Crippen LogP contribution in [0.3, 0.4) is 0 Å². The topological polar surface area (TPSA) is 123 Å². The number of carbonyl (C=O) groups is 2. The highest BCUT2D eigenvalue weighted by Gasteiger charge is 2.50. The highest BCUT2D eigenvalue weighted by Crippen LogP contribution is 2.38. The number of rotatable bonds is 11. The molecule has 0 aliphatic carbocycles. The second-order valence-corrected chi connectivity index (χ2v) is 11.4. The van der Waals surface area contributed by atoms with Crippen LogP contribution in [0.2, 0.25) is 6.32 Å². The molecule has 37 heavy (non-hydrogen) atoms. The third-order valence-corrected chi connectivity index (χ3v) is 6.70. The molecular weight excluding hydrogens is 475 g/mol. The molecule has 1 aromatic rings. The van der Waals surface area contributed by atoms with E-state index in [9.17, 15) is 9.59 Å². The highest BCUT2D eigenvalue weighted by molar-refractivity contribution is 6.45. The minimum absolute atomic E-state index is 0.0140. The summed E-state index contributed by atoms with van der Waals surface area (Å²) in [6, 6.07) is 8.27. The first-order valence-electron chi connectivity index (χ1n) is 12.7. The quantitative estimate of drug-likeness (QED) is 0.121.